The molecule has 3 rings (SSSR count). The minimum absolute atomic E-state index is 0.104. The molecular formula is C16H12N2O4. The first-order chi connectivity index (χ1) is 10.6. The van der Waals surface area contributed by atoms with Crippen LogP contribution in [0.25, 0.3) is 0 Å². The second-order valence-electron chi connectivity index (χ2n) is 4.95. The molecule has 0 radical (unpaired) electrons. The topological polar surface area (TPSA) is 80.5 Å². The molecular weight excluding hydrogens is 284 g/mol. The summed E-state index contributed by atoms with van der Waals surface area (Å²) in [5.74, 6) is -1.07. The maximum absolute atomic E-state index is 12.4. The molecule has 2 amide bonds. The maximum atomic E-state index is 12.4. The zero-order valence-corrected chi connectivity index (χ0v) is 11.6. The Morgan fingerprint density at radius 2 is 1.68 bits per heavy atom. The number of benzene rings is 2. The summed E-state index contributed by atoms with van der Waals surface area (Å²) < 4.78 is 0. The molecule has 6 heteroatoms. The number of carbonyl (C=O) groups excluding carboxylic acids is 2. The molecule has 0 fully saturated rings. The normalized spacial score (nSPS) is 13.4. The lowest BCUT2D eigenvalue weighted by Gasteiger charge is -2.13. The highest BCUT2D eigenvalue weighted by atomic mass is 16.6. The van der Waals surface area contributed by atoms with Crippen molar-refractivity contribution in [1.29, 1.82) is 0 Å². The average Bonchev–Trinajstić information content (AvgIpc) is 2.78. The molecule has 1 aliphatic heterocycles. The molecule has 0 bridgehead atoms. The van der Waals surface area contributed by atoms with Crippen molar-refractivity contribution >= 4 is 17.5 Å². The Hall–Kier alpha value is -3.02. The predicted octanol–water partition coefficient (Wildman–Crippen LogP) is 2.43. The summed E-state index contributed by atoms with van der Waals surface area (Å²) in [5.41, 5.74) is 0.671. The van der Waals surface area contributed by atoms with Gasteiger partial charge in [0.1, 0.15) is 5.56 Å². The standard InChI is InChI=1S/C16H12N2O4/c19-15-12-7-4-8-13(18(21)22)14(12)16(20)17(15)10-9-11-5-2-1-3-6-11/h1-8H,9-10H2. The van der Waals surface area contributed by atoms with Crippen LogP contribution < -0.4 is 0 Å². The minimum Gasteiger partial charge on any atom is -0.274 e. The molecule has 22 heavy (non-hydrogen) atoms. The molecule has 110 valence electrons. The molecule has 0 saturated heterocycles. The van der Waals surface area contributed by atoms with Crippen LogP contribution in [0.4, 0.5) is 5.69 Å². The van der Waals surface area contributed by atoms with Crippen molar-refractivity contribution < 1.29 is 14.5 Å². The zero-order valence-electron chi connectivity index (χ0n) is 11.6. The molecule has 0 aromatic heterocycles. The Morgan fingerprint density at radius 3 is 2.36 bits per heavy atom. The van der Waals surface area contributed by atoms with Crippen LogP contribution in [0.1, 0.15) is 26.3 Å². The summed E-state index contributed by atoms with van der Waals surface area (Å²) in [6, 6.07) is 13.6. The van der Waals surface area contributed by atoms with Gasteiger partial charge >= 0.3 is 0 Å². The lowest BCUT2D eigenvalue weighted by atomic mass is 10.1. The van der Waals surface area contributed by atoms with E-state index in [4.69, 9.17) is 0 Å². The second-order valence-corrected chi connectivity index (χ2v) is 4.95. The summed E-state index contributed by atoms with van der Waals surface area (Å²) in [5, 5.41) is 11.0. The SMILES string of the molecule is O=C1c2cccc([N+](=O)[O-])c2C(=O)N1CCc1ccccc1. The smallest absolute Gasteiger partial charge is 0.274 e. The summed E-state index contributed by atoms with van der Waals surface area (Å²) in [7, 11) is 0. The molecule has 6 nitrogen and oxygen atoms in total. The fraction of sp³-hybridized carbons (Fsp3) is 0.125. The van der Waals surface area contributed by atoms with E-state index in [1.54, 1.807) is 0 Å². The van der Waals surface area contributed by atoms with Crippen molar-refractivity contribution in [3.8, 4) is 0 Å². The van der Waals surface area contributed by atoms with Gasteiger partial charge in [0, 0.05) is 12.6 Å². The van der Waals surface area contributed by atoms with Gasteiger partial charge in [-0.1, -0.05) is 36.4 Å². The van der Waals surface area contributed by atoms with Gasteiger partial charge < -0.3 is 0 Å². The number of nitro benzene ring substituents is 1. The van der Waals surface area contributed by atoms with Gasteiger partial charge in [-0.2, -0.15) is 0 Å². The molecule has 2 aromatic rings. The first-order valence-electron chi connectivity index (χ1n) is 6.77. The van der Waals surface area contributed by atoms with Gasteiger partial charge in [-0.3, -0.25) is 24.6 Å². The quantitative estimate of drug-likeness (QED) is 0.493. The molecule has 0 N–H and O–H groups in total. The highest BCUT2D eigenvalue weighted by Crippen LogP contribution is 2.30. The van der Waals surface area contributed by atoms with Crippen LogP contribution in [0.2, 0.25) is 0 Å². The van der Waals surface area contributed by atoms with Crippen molar-refractivity contribution in [3.05, 3.63) is 75.3 Å². The third kappa shape index (κ3) is 2.24. The summed E-state index contributed by atoms with van der Waals surface area (Å²) in [6.07, 6.45) is 0.514. The van der Waals surface area contributed by atoms with Gasteiger partial charge in [0.15, 0.2) is 0 Å². The minimum atomic E-state index is -0.634. The fourth-order valence-electron chi connectivity index (χ4n) is 2.56. The van der Waals surface area contributed by atoms with Gasteiger partial charge in [0.05, 0.1) is 10.5 Å². The molecule has 0 atom stereocenters. The lowest BCUT2D eigenvalue weighted by Crippen LogP contribution is -2.31. The van der Waals surface area contributed by atoms with E-state index in [0.717, 1.165) is 10.5 Å². The van der Waals surface area contributed by atoms with Gasteiger partial charge in [-0.25, -0.2) is 0 Å². The molecule has 1 heterocycles. The first-order valence-corrected chi connectivity index (χ1v) is 6.77. The van der Waals surface area contributed by atoms with Crippen LogP contribution in [0.3, 0.4) is 0 Å². The Kier molecular flexibility index (Phi) is 3.42. The van der Waals surface area contributed by atoms with Crippen molar-refractivity contribution in [1.82, 2.24) is 4.90 Å². The van der Waals surface area contributed by atoms with Gasteiger partial charge in [0.25, 0.3) is 17.5 Å². The third-order valence-electron chi connectivity index (χ3n) is 3.64. The van der Waals surface area contributed by atoms with Crippen LogP contribution >= 0.6 is 0 Å². The van der Waals surface area contributed by atoms with Crippen molar-refractivity contribution in [2.75, 3.05) is 6.54 Å². The lowest BCUT2D eigenvalue weighted by molar-refractivity contribution is -0.385. The molecule has 2 aromatic carbocycles. The number of amides is 2. The number of carbonyl (C=O) groups is 2. The number of nitrogens with zero attached hydrogens (tertiary/aromatic N) is 2. The molecule has 0 saturated carbocycles. The highest BCUT2D eigenvalue weighted by molar-refractivity contribution is 6.23. The summed E-state index contributed by atoms with van der Waals surface area (Å²) >= 11 is 0. The molecule has 0 spiro atoms. The van der Waals surface area contributed by atoms with E-state index in [1.807, 2.05) is 30.3 Å². The molecule has 0 unspecified atom stereocenters. The predicted molar refractivity (Wildman–Crippen MR) is 78.6 cm³/mol. The number of hydrogen-bond donors (Lipinski definition) is 0. The summed E-state index contributed by atoms with van der Waals surface area (Å²) in [6.45, 7) is 0.202. The van der Waals surface area contributed by atoms with E-state index in [9.17, 15) is 19.7 Å². The van der Waals surface area contributed by atoms with E-state index in [-0.39, 0.29) is 23.4 Å². The van der Waals surface area contributed by atoms with Crippen LogP contribution in [0.15, 0.2) is 48.5 Å². The van der Waals surface area contributed by atoms with E-state index in [1.165, 1.54) is 18.2 Å². The zero-order chi connectivity index (χ0) is 15.7. The van der Waals surface area contributed by atoms with Crippen LogP contribution in [-0.4, -0.2) is 28.2 Å². The van der Waals surface area contributed by atoms with Gasteiger partial charge in [-0.15, -0.1) is 0 Å². The monoisotopic (exact) mass is 296 g/mol. The number of fused-ring (bicyclic) bond motifs is 1. The molecule has 0 aliphatic carbocycles. The largest absolute Gasteiger partial charge is 0.282 e. The van der Waals surface area contributed by atoms with Gasteiger partial charge in [-0.05, 0) is 18.1 Å². The molecule has 1 aliphatic rings. The van der Waals surface area contributed by atoms with Gasteiger partial charge in [0.2, 0.25) is 0 Å². The van der Waals surface area contributed by atoms with Crippen LogP contribution in [-0.2, 0) is 6.42 Å². The van der Waals surface area contributed by atoms with E-state index in [2.05, 4.69) is 0 Å². The number of hydrogen-bond acceptors (Lipinski definition) is 4. The highest BCUT2D eigenvalue weighted by Gasteiger charge is 2.40. The van der Waals surface area contributed by atoms with Crippen LogP contribution in [0.5, 0.6) is 0 Å². The number of imide groups is 1. The average molecular weight is 296 g/mol. The Morgan fingerprint density at radius 1 is 0.955 bits per heavy atom. The van der Waals surface area contributed by atoms with E-state index < -0.39 is 16.7 Å². The summed E-state index contributed by atoms with van der Waals surface area (Å²) in [4.78, 5) is 36.1. The Balaban J connectivity index is 1.87. The van der Waals surface area contributed by atoms with Crippen molar-refractivity contribution in [3.63, 3.8) is 0 Å². The van der Waals surface area contributed by atoms with Crippen molar-refractivity contribution in [2.24, 2.45) is 0 Å². The fourth-order valence-corrected chi connectivity index (χ4v) is 2.56. The number of rotatable bonds is 4. The second kappa shape index (κ2) is 5.40. The Labute approximate surface area is 126 Å². The van der Waals surface area contributed by atoms with E-state index in [0.29, 0.717) is 6.42 Å². The Bertz CT molecular complexity index is 771. The number of nitro groups is 1. The first kappa shape index (κ1) is 13.9. The third-order valence-corrected chi connectivity index (χ3v) is 3.64. The maximum Gasteiger partial charge on any atom is 0.282 e. The van der Waals surface area contributed by atoms with Crippen LogP contribution in [0, 0.1) is 10.1 Å². The van der Waals surface area contributed by atoms with Crippen molar-refractivity contribution in [2.45, 2.75) is 6.42 Å². The van der Waals surface area contributed by atoms with E-state index >= 15 is 0 Å².